The smallest absolute Gasteiger partial charge is 0.148 e. The second-order valence-electron chi connectivity index (χ2n) is 5.32. The minimum absolute atomic E-state index is 0.303. The van der Waals surface area contributed by atoms with Gasteiger partial charge in [-0.15, -0.1) is 0 Å². The number of para-hydroxylation sites is 2. The summed E-state index contributed by atoms with van der Waals surface area (Å²) < 4.78 is 0. The molecular weight excluding hydrogens is 224 g/mol. The molecule has 0 aliphatic carbocycles. The summed E-state index contributed by atoms with van der Waals surface area (Å²) in [6.45, 7) is 0. The Kier molecular flexibility index (Phi) is 2.08. The molecule has 2 N–H and O–H groups in total. The Labute approximate surface area is 106 Å². The molecule has 2 bridgehead atoms. The van der Waals surface area contributed by atoms with Crippen LogP contribution >= 0.6 is 0 Å². The standard InChI is InChI=1S/C14H16N4/c15-10-7-9-5-6-13(10)18(9)14-8-16-11-3-1-2-4-12(11)17-14/h1-4,8-10,13H,5-7,15H2/t9-,10+,13+/m1/s1. The van der Waals surface area contributed by atoms with Gasteiger partial charge in [0.15, 0.2) is 0 Å². The maximum atomic E-state index is 6.17. The molecule has 1 aromatic heterocycles. The van der Waals surface area contributed by atoms with Crippen molar-refractivity contribution in [1.82, 2.24) is 9.97 Å². The highest BCUT2D eigenvalue weighted by atomic mass is 15.3. The van der Waals surface area contributed by atoms with Gasteiger partial charge in [-0.05, 0) is 31.4 Å². The molecule has 3 heterocycles. The van der Waals surface area contributed by atoms with Gasteiger partial charge in [0.1, 0.15) is 5.82 Å². The van der Waals surface area contributed by atoms with Crippen LogP contribution in [0, 0.1) is 0 Å². The molecule has 2 aliphatic rings. The third-order valence-electron chi connectivity index (χ3n) is 4.29. The zero-order valence-corrected chi connectivity index (χ0v) is 10.2. The second-order valence-corrected chi connectivity index (χ2v) is 5.32. The van der Waals surface area contributed by atoms with Crippen molar-refractivity contribution in [2.75, 3.05) is 4.90 Å². The quantitative estimate of drug-likeness (QED) is 0.824. The minimum atomic E-state index is 0.303. The molecule has 2 fully saturated rings. The highest BCUT2D eigenvalue weighted by Gasteiger charge is 2.45. The van der Waals surface area contributed by atoms with Crippen LogP contribution in [0.1, 0.15) is 19.3 Å². The minimum Gasteiger partial charge on any atom is -0.348 e. The zero-order valence-electron chi connectivity index (χ0n) is 10.2. The van der Waals surface area contributed by atoms with Gasteiger partial charge < -0.3 is 10.6 Å². The lowest BCUT2D eigenvalue weighted by atomic mass is 9.97. The first-order chi connectivity index (χ1) is 8.83. The van der Waals surface area contributed by atoms with Gasteiger partial charge in [0.05, 0.1) is 17.2 Å². The van der Waals surface area contributed by atoms with Crippen LogP contribution in [0.4, 0.5) is 5.82 Å². The van der Waals surface area contributed by atoms with Crippen LogP contribution in [0.3, 0.4) is 0 Å². The number of rotatable bonds is 1. The zero-order chi connectivity index (χ0) is 12.1. The largest absolute Gasteiger partial charge is 0.348 e. The van der Waals surface area contributed by atoms with E-state index in [9.17, 15) is 0 Å². The van der Waals surface area contributed by atoms with Crippen molar-refractivity contribution in [2.24, 2.45) is 5.73 Å². The number of nitrogens with zero attached hydrogens (tertiary/aromatic N) is 3. The van der Waals surface area contributed by atoms with E-state index in [1.54, 1.807) is 0 Å². The summed E-state index contributed by atoms with van der Waals surface area (Å²) >= 11 is 0. The maximum Gasteiger partial charge on any atom is 0.148 e. The molecule has 4 nitrogen and oxygen atoms in total. The van der Waals surface area contributed by atoms with Crippen molar-refractivity contribution >= 4 is 16.9 Å². The predicted molar refractivity (Wildman–Crippen MR) is 71.4 cm³/mol. The highest BCUT2D eigenvalue weighted by molar-refractivity contribution is 5.75. The Bertz CT molecular complexity index is 597. The molecule has 0 amide bonds. The van der Waals surface area contributed by atoms with Gasteiger partial charge in [0, 0.05) is 18.1 Å². The fourth-order valence-electron chi connectivity index (χ4n) is 3.46. The van der Waals surface area contributed by atoms with Crippen LogP contribution in [-0.2, 0) is 0 Å². The summed E-state index contributed by atoms with van der Waals surface area (Å²) in [5.41, 5.74) is 8.09. The predicted octanol–water partition coefficient (Wildman–Crippen LogP) is 1.70. The molecule has 3 atom stereocenters. The number of nitrogens with two attached hydrogens (primary N) is 1. The second kappa shape index (κ2) is 3.65. The lowest BCUT2D eigenvalue weighted by molar-refractivity contribution is 0.503. The Morgan fingerprint density at radius 3 is 2.72 bits per heavy atom. The van der Waals surface area contributed by atoms with Crippen LogP contribution in [-0.4, -0.2) is 28.1 Å². The van der Waals surface area contributed by atoms with E-state index in [1.807, 2.05) is 30.5 Å². The number of benzene rings is 1. The van der Waals surface area contributed by atoms with Gasteiger partial charge in [0.25, 0.3) is 0 Å². The summed E-state index contributed by atoms with van der Waals surface area (Å²) in [6.07, 6.45) is 5.43. The molecule has 2 aliphatic heterocycles. The van der Waals surface area contributed by atoms with E-state index in [4.69, 9.17) is 10.7 Å². The van der Waals surface area contributed by atoms with Crippen molar-refractivity contribution in [3.8, 4) is 0 Å². The van der Waals surface area contributed by atoms with Gasteiger partial charge in [0.2, 0.25) is 0 Å². The summed E-state index contributed by atoms with van der Waals surface area (Å²) in [5.74, 6) is 0.995. The average molecular weight is 240 g/mol. The summed E-state index contributed by atoms with van der Waals surface area (Å²) in [5, 5.41) is 0. The third kappa shape index (κ3) is 1.35. The van der Waals surface area contributed by atoms with Crippen molar-refractivity contribution in [2.45, 2.75) is 37.4 Å². The van der Waals surface area contributed by atoms with Crippen molar-refractivity contribution in [3.05, 3.63) is 30.5 Å². The topological polar surface area (TPSA) is 55.0 Å². The first-order valence-corrected chi connectivity index (χ1v) is 6.58. The summed E-state index contributed by atoms with van der Waals surface area (Å²) in [6, 6.07) is 9.35. The van der Waals surface area contributed by atoms with Crippen LogP contribution in [0.2, 0.25) is 0 Å². The first kappa shape index (κ1) is 10.3. The van der Waals surface area contributed by atoms with Gasteiger partial charge >= 0.3 is 0 Å². The van der Waals surface area contributed by atoms with Crippen molar-refractivity contribution in [3.63, 3.8) is 0 Å². The van der Waals surface area contributed by atoms with Crippen LogP contribution in [0.15, 0.2) is 30.5 Å². The Morgan fingerprint density at radius 2 is 2.00 bits per heavy atom. The molecule has 4 rings (SSSR count). The molecule has 2 aromatic rings. The molecule has 0 radical (unpaired) electrons. The van der Waals surface area contributed by atoms with Crippen molar-refractivity contribution < 1.29 is 0 Å². The molecule has 1 aromatic carbocycles. The van der Waals surface area contributed by atoms with Gasteiger partial charge in [-0.1, -0.05) is 12.1 Å². The highest BCUT2D eigenvalue weighted by Crippen LogP contribution is 2.39. The number of fused-ring (bicyclic) bond motifs is 3. The maximum absolute atomic E-state index is 6.17. The fourth-order valence-corrected chi connectivity index (χ4v) is 3.46. The van der Waals surface area contributed by atoms with Crippen molar-refractivity contribution in [1.29, 1.82) is 0 Å². The molecule has 2 saturated heterocycles. The average Bonchev–Trinajstić information content (AvgIpc) is 2.94. The van der Waals surface area contributed by atoms with E-state index in [-0.39, 0.29) is 0 Å². The fraction of sp³-hybridized carbons (Fsp3) is 0.429. The normalized spacial score (nSPS) is 30.3. The summed E-state index contributed by atoms with van der Waals surface area (Å²) in [4.78, 5) is 11.6. The number of aromatic nitrogens is 2. The lowest BCUT2D eigenvalue weighted by Crippen LogP contribution is -2.37. The lowest BCUT2D eigenvalue weighted by Gasteiger charge is -2.23. The molecule has 4 heteroatoms. The first-order valence-electron chi connectivity index (χ1n) is 6.58. The number of hydrogen-bond acceptors (Lipinski definition) is 4. The Hall–Kier alpha value is -1.68. The van der Waals surface area contributed by atoms with E-state index in [0.29, 0.717) is 18.1 Å². The SMILES string of the molecule is N[C@H]1C[C@H]2CC[C@@H]1N2c1cnc2ccccc2n1. The van der Waals surface area contributed by atoms with Gasteiger partial charge in [-0.3, -0.25) is 4.98 Å². The molecule has 0 spiro atoms. The molecule has 0 unspecified atom stereocenters. The molecular formula is C14H16N4. The third-order valence-corrected chi connectivity index (χ3v) is 4.29. The number of hydrogen-bond donors (Lipinski definition) is 1. The van der Waals surface area contributed by atoms with E-state index in [2.05, 4.69) is 9.88 Å². The van der Waals surface area contributed by atoms with Gasteiger partial charge in [-0.2, -0.15) is 0 Å². The number of anilines is 1. The van der Waals surface area contributed by atoms with E-state index in [1.165, 1.54) is 12.8 Å². The monoisotopic (exact) mass is 240 g/mol. The van der Waals surface area contributed by atoms with Crippen LogP contribution in [0.5, 0.6) is 0 Å². The molecule has 92 valence electrons. The van der Waals surface area contributed by atoms with Crippen LogP contribution < -0.4 is 10.6 Å². The van der Waals surface area contributed by atoms with Gasteiger partial charge in [-0.25, -0.2) is 4.98 Å². The van der Waals surface area contributed by atoms with E-state index >= 15 is 0 Å². The molecule has 18 heavy (non-hydrogen) atoms. The van der Waals surface area contributed by atoms with E-state index in [0.717, 1.165) is 23.3 Å². The Balaban J connectivity index is 1.79. The Morgan fingerprint density at radius 1 is 1.17 bits per heavy atom. The van der Waals surface area contributed by atoms with Crippen LogP contribution in [0.25, 0.3) is 11.0 Å². The van der Waals surface area contributed by atoms with E-state index < -0.39 is 0 Å². The summed E-state index contributed by atoms with van der Waals surface area (Å²) in [7, 11) is 0. The molecule has 0 saturated carbocycles.